The molecule has 0 radical (unpaired) electrons. The second kappa shape index (κ2) is 16.2. The Morgan fingerprint density at radius 2 is 0.760 bits per heavy atom. The zero-order valence-electron chi connectivity index (χ0n) is 40.3. The molecule has 0 bridgehead atoms. The first-order valence-corrected chi connectivity index (χ1v) is 26.3. The summed E-state index contributed by atoms with van der Waals surface area (Å²) in [7, 11) is 0. The van der Waals surface area contributed by atoms with Crippen LogP contribution < -0.4 is 0 Å². The Kier molecular flexibility index (Phi) is 9.09. The van der Waals surface area contributed by atoms with Gasteiger partial charge in [-0.3, -0.25) is 0 Å². The zero-order valence-corrected chi connectivity index (χ0v) is 41.1. The minimum absolute atomic E-state index is 0.353. The van der Waals surface area contributed by atoms with E-state index >= 15 is 0 Å². The molecule has 3 aromatic heterocycles. The Morgan fingerprint density at radius 1 is 0.280 bits per heavy atom. The number of nitrogens with zero attached hydrogens (tertiary/aromatic N) is 3. The first-order chi connectivity index (χ1) is 37.2. The molecule has 16 rings (SSSR count). The Hall–Kier alpha value is -9.55. The molecule has 0 unspecified atom stereocenters. The van der Waals surface area contributed by atoms with Crippen molar-refractivity contribution in [2.75, 3.05) is 0 Å². The van der Waals surface area contributed by atoms with Gasteiger partial charge in [-0.15, -0.1) is 11.3 Å². The van der Waals surface area contributed by atoms with Crippen molar-refractivity contribution in [1.82, 2.24) is 15.0 Å². The van der Waals surface area contributed by atoms with Crippen molar-refractivity contribution in [2.45, 2.75) is 5.41 Å². The summed E-state index contributed by atoms with van der Waals surface area (Å²) in [5.41, 5.74) is 21.5. The molecular formula is C70H41N3OS. The van der Waals surface area contributed by atoms with E-state index in [2.05, 4.69) is 231 Å². The summed E-state index contributed by atoms with van der Waals surface area (Å²) >= 11 is 1.79. The van der Waals surface area contributed by atoms with Crippen molar-refractivity contribution >= 4 is 53.4 Å². The number of thiophene rings is 1. The summed E-state index contributed by atoms with van der Waals surface area (Å²) in [5.74, 6) is 1.82. The molecule has 0 saturated carbocycles. The van der Waals surface area contributed by atoms with Gasteiger partial charge in [0.15, 0.2) is 17.5 Å². The fraction of sp³-hybridized carbons (Fsp3) is 0.0143. The number of fused-ring (bicyclic) bond motifs is 16. The lowest BCUT2D eigenvalue weighted by Gasteiger charge is -2.30. The lowest BCUT2D eigenvalue weighted by Crippen LogP contribution is -2.25. The van der Waals surface area contributed by atoms with Crippen LogP contribution in [0.3, 0.4) is 0 Å². The van der Waals surface area contributed by atoms with Crippen molar-refractivity contribution in [3.05, 3.63) is 271 Å². The van der Waals surface area contributed by atoms with Gasteiger partial charge in [0.05, 0.1) is 5.41 Å². The highest BCUT2D eigenvalue weighted by Crippen LogP contribution is 2.63. The lowest BCUT2D eigenvalue weighted by molar-refractivity contribution is 0.669. The van der Waals surface area contributed by atoms with Crippen LogP contribution in [0.4, 0.5) is 0 Å². The van der Waals surface area contributed by atoms with Crippen LogP contribution in [0.2, 0.25) is 0 Å². The quantitative estimate of drug-likeness (QED) is 0.167. The number of hydrogen-bond acceptors (Lipinski definition) is 5. The topological polar surface area (TPSA) is 51.8 Å². The largest absolute Gasteiger partial charge is 0.456 e. The van der Waals surface area contributed by atoms with Gasteiger partial charge in [0.1, 0.15) is 11.2 Å². The van der Waals surface area contributed by atoms with Gasteiger partial charge in [-0.25, -0.2) is 15.0 Å². The van der Waals surface area contributed by atoms with Gasteiger partial charge >= 0.3 is 0 Å². The third-order valence-corrected chi connectivity index (χ3v) is 16.9. The monoisotopic (exact) mass is 971 g/mol. The molecule has 4 nitrogen and oxygen atoms in total. The highest BCUT2D eigenvalue weighted by molar-refractivity contribution is 7.25. The minimum Gasteiger partial charge on any atom is -0.456 e. The third kappa shape index (κ3) is 6.26. The molecule has 2 aliphatic carbocycles. The molecule has 0 N–H and O–H groups in total. The summed E-state index contributed by atoms with van der Waals surface area (Å²) in [6.07, 6.45) is 0. The summed E-state index contributed by atoms with van der Waals surface area (Å²) in [6, 6.07) is 89.8. The van der Waals surface area contributed by atoms with E-state index in [4.69, 9.17) is 19.4 Å². The van der Waals surface area contributed by atoms with Crippen LogP contribution in [0.5, 0.6) is 0 Å². The van der Waals surface area contributed by atoms with Crippen molar-refractivity contribution in [2.24, 2.45) is 0 Å². The highest BCUT2D eigenvalue weighted by atomic mass is 32.1. The Labute approximate surface area is 436 Å². The molecule has 0 atom stereocenters. The smallest absolute Gasteiger partial charge is 0.164 e. The third-order valence-electron chi connectivity index (χ3n) is 15.8. The predicted molar refractivity (Wildman–Crippen MR) is 309 cm³/mol. The van der Waals surface area contributed by atoms with Gasteiger partial charge in [0.25, 0.3) is 0 Å². The molecule has 1 spiro atoms. The van der Waals surface area contributed by atoms with E-state index in [1.54, 1.807) is 11.3 Å². The molecule has 2 aliphatic rings. The van der Waals surface area contributed by atoms with E-state index in [0.717, 1.165) is 66.3 Å². The van der Waals surface area contributed by atoms with Gasteiger partial charge in [-0.2, -0.15) is 0 Å². The van der Waals surface area contributed by atoms with Gasteiger partial charge in [0.2, 0.25) is 0 Å². The first-order valence-electron chi connectivity index (χ1n) is 25.5. The molecule has 0 aliphatic heterocycles. The van der Waals surface area contributed by atoms with Crippen molar-refractivity contribution in [1.29, 1.82) is 0 Å². The standard InChI is InChI=1S/C70H41N3OS/c1-2-15-42(16-3-1)45-17-12-18-48(39-45)67-71-68(73-69(72-67)54-24-14-30-64-66(54)52-22-7-11-29-63(52)75-64)53-23-13-28-62-65(53)56-41-47(36-38-61(56)74-62)44-33-31-43(32-34-44)46-35-37-60-55(40-46)51-21-6-10-27-59(51)70(60)57-25-8-4-19-49(57)50-20-5-9-26-58(50)70/h1-41H. The van der Waals surface area contributed by atoms with Crippen molar-refractivity contribution < 1.29 is 4.42 Å². The maximum atomic E-state index is 6.64. The van der Waals surface area contributed by atoms with Crippen LogP contribution in [-0.2, 0) is 5.41 Å². The highest BCUT2D eigenvalue weighted by Gasteiger charge is 2.51. The Morgan fingerprint density at radius 3 is 1.49 bits per heavy atom. The minimum atomic E-state index is -0.353. The normalized spacial score (nSPS) is 12.9. The molecule has 348 valence electrons. The van der Waals surface area contributed by atoms with Crippen LogP contribution in [-0.4, -0.2) is 15.0 Å². The van der Waals surface area contributed by atoms with E-state index in [-0.39, 0.29) is 5.41 Å². The Balaban J connectivity index is 0.807. The number of hydrogen-bond donors (Lipinski definition) is 0. The number of aromatic nitrogens is 3. The molecule has 75 heavy (non-hydrogen) atoms. The molecule has 3 heterocycles. The molecule has 11 aromatic carbocycles. The number of rotatable bonds is 6. The fourth-order valence-corrected chi connectivity index (χ4v) is 13.6. The maximum Gasteiger partial charge on any atom is 0.164 e. The second-order valence-electron chi connectivity index (χ2n) is 19.7. The second-order valence-corrected chi connectivity index (χ2v) is 20.8. The predicted octanol–water partition coefficient (Wildman–Crippen LogP) is 18.5. The van der Waals surface area contributed by atoms with Crippen LogP contribution >= 0.6 is 11.3 Å². The van der Waals surface area contributed by atoms with Crippen LogP contribution in [0.1, 0.15) is 22.3 Å². The van der Waals surface area contributed by atoms with Crippen LogP contribution in [0, 0.1) is 0 Å². The van der Waals surface area contributed by atoms with Gasteiger partial charge in [-0.05, 0) is 120 Å². The zero-order chi connectivity index (χ0) is 49.2. The van der Waals surface area contributed by atoms with Crippen LogP contribution in [0.15, 0.2) is 253 Å². The average molecular weight is 972 g/mol. The number of furan rings is 1. The molecule has 14 aromatic rings. The molecule has 5 heteroatoms. The SMILES string of the molecule is c1ccc(-c2cccc(-c3nc(-c4cccc5oc6ccc(-c7ccc(-c8ccc9c(c8)-c8ccccc8C98c9ccccc9-c9ccccc98)cc7)cc6c45)nc(-c4cccc5sc6ccccc6c45)n3)c2)cc1. The fourth-order valence-electron chi connectivity index (χ4n) is 12.5. The molecule has 0 fully saturated rings. The van der Waals surface area contributed by atoms with Crippen LogP contribution in [0.25, 0.3) is 132 Å². The molecule has 0 saturated heterocycles. The summed E-state index contributed by atoms with van der Waals surface area (Å²) in [5, 5.41) is 4.32. The molecular weight excluding hydrogens is 931 g/mol. The first kappa shape index (κ1) is 42.0. The van der Waals surface area contributed by atoms with Crippen molar-refractivity contribution in [3.8, 4) is 89.8 Å². The van der Waals surface area contributed by atoms with E-state index in [1.807, 2.05) is 18.2 Å². The van der Waals surface area contributed by atoms with E-state index in [1.165, 1.54) is 70.4 Å². The number of benzene rings is 11. The average Bonchev–Trinajstić information content (AvgIpc) is 4.31. The maximum absolute atomic E-state index is 6.64. The van der Waals surface area contributed by atoms with Gasteiger partial charge < -0.3 is 4.42 Å². The molecule has 0 amide bonds. The van der Waals surface area contributed by atoms with Gasteiger partial charge in [0, 0.05) is 47.6 Å². The summed E-state index contributed by atoms with van der Waals surface area (Å²) in [6.45, 7) is 0. The Bertz CT molecular complexity index is 4620. The summed E-state index contributed by atoms with van der Waals surface area (Å²) in [4.78, 5) is 16.0. The van der Waals surface area contributed by atoms with E-state index < -0.39 is 0 Å². The van der Waals surface area contributed by atoms with E-state index in [0.29, 0.717) is 17.5 Å². The van der Waals surface area contributed by atoms with Crippen molar-refractivity contribution in [3.63, 3.8) is 0 Å². The lowest BCUT2D eigenvalue weighted by atomic mass is 9.70. The summed E-state index contributed by atoms with van der Waals surface area (Å²) < 4.78 is 9.06. The van der Waals surface area contributed by atoms with Gasteiger partial charge in [-0.1, -0.05) is 206 Å². The van der Waals surface area contributed by atoms with E-state index in [9.17, 15) is 0 Å².